The third-order valence-electron chi connectivity index (χ3n) is 3.41. The van der Waals surface area contributed by atoms with Crippen LogP contribution in [0, 0.1) is 0 Å². The quantitative estimate of drug-likeness (QED) is 0.787. The maximum Gasteiger partial charge on any atom is 0.206 e. The molecule has 0 saturated carbocycles. The molecule has 1 aliphatic heterocycles. The highest BCUT2D eigenvalue weighted by Crippen LogP contribution is 2.36. The molecule has 4 nitrogen and oxygen atoms in total. The molecule has 6 heteroatoms. The highest BCUT2D eigenvalue weighted by Gasteiger charge is 2.22. The predicted octanol–water partition coefficient (Wildman–Crippen LogP) is 4.20. The van der Waals surface area contributed by atoms with Crippen molar-refractivity contribution in [3.63, 3.8) is 0 Å². The van der Waals surface area contributed by atoms with Crippen molar-refractivity contribution < 1.29 is 4.74 Å². The van der Waals surface area contributed by atoms with Crippen LogP contribution in [0.3, 0.4) is 0 Å². The number of hydrogen-bond donors (Lipinski definition) is 1. The van der Waals surface area contributed by atoms with E-state index >= 15 is 0 Å². The first-order chi connectivity index (χ1) is 10.4. The summed E-state index contributed by atoms with van der Waals surface area (Å²) in [4.78, 5) is 1.16. The fourth-order valence-corrected chi connectivity index (χ4v) is 4.01. The van der Waals surface area contributed by atoms with Gasteiger partial charge in [-0.1, -0.05) is 35.6 Å². The second-order valence-corrected chi connectivity index (χ2v) is 6.69. The molecule has 1 atom stereocenters. The average molecular weight is 315 g/mol. The molecule has 21 heavy (non-hydrogen) atoms. The van der Waals surface area contributed by atoms with Crippen molar-refractivity contribution in [1.29, 1.82) is 0 Å². The number of aromatic nitrogens is 2. The lowest BCUT2D eigenvalue weighted by atomic mass is 10.0. The molecule has 1 aliphatic rings. The molecule has 0 saturated heterocycles. The summed E-state index contributed by atoms with van der Waals surface area (Å²) in [6.45, 7) is 0.727. The van der Waals surface area contributed by atoms with Crippen molar-refractivity contribution in [3.8, 4) is 15.6 Å². The number of nitrogens with zero attached hydrogens (tertiary/aromatic N) is 2. The van der Waals surface area contributed by atoms with Gasteiger partial charge in [0.1, 0.15) is 5.75 Å². The number of nitrogens with one attached hydrogen (secondary N) is 1. The third-order valence-corrected chi connectivity index (χ3v) is 5.31. The molecule has 1 unspecified atom stereocenters. The van der Waals surface area contributed by atoms with Crippen LogP contribution in [0.15, 0.2) is 41.8 Å². The van der Waals surface area contributed by atoms with Gasteiger partial charge in [-0.25, -0.2) is 0 Å². The molecular formula is C15H13N3OS2. The van der Waals surface area contributed by atoms with E-state index in [0.717, 1.165) is 33.8 Å². The molecule has 0 spiro atoms. The molecule has 0 amide bonds. The summed E-state index contributed by atoms with van der Waals surface area (Å²) in [6, 6.07) is 12.5. The predicted molar refractivity (Wildman–Crippen MR) is 86.1 cm³/mol. The van der Waals surface area contributed by atoms with Crippen LogP contribution in [0.4, 0.5) is 5.13 Å². The highest BCUT2D eigenvalue weighted by atomic mass is 32.1. The van der Waals surface area contributed by atoms with Gasteiger partial charge in [-0.05, 0) is 17.5 Å². The van der Waals surface area contributed by atoms with Crippen LogP contribution in [-0.4, -0.2) is 16.8 Å². The lowest BCUT2D eigenvalue weighted by molar-refractivity contribution is 0.274. The van der Waals surface area contributed by atoms with Crippen molar-refractivity contribution in [2.24, 2.45) is 0 Å². The van der Waals surface area contributed by atoms with Gasteiger partial charge in [-0.15, -0.1) is 21.5 Å². The molecule has 106 valence electrons. The number of anilines is 1. The van der Waals surface area contributed by atoms with Crippen molar-refractivity contribution in [2.75, 3.05) is 11.9 Å². The first kappa shape index (κ1) is 12.8. The molecule has 0 bridgehead atoms. The smallest absolute Gasteiger partial charge is 0.206 e. The summed E-state index contributed by atoms with van der Waals surface area (Å²) in [6.07, 6.45) is 0.935. The monoisotopic (exact) mass is 315 g/mol. The van der Waals surface area contributed by atoms with Crippen molar-refractivity contribution in [2.45, 2.75) is 12.5 Å². The van der Waals surface area contributed by atoms with Gasteiger partial charge in [0.2, 0.25) is 5.13 Å². The summed E-state index contributed by atoms with van der Waals surface area (Å²) >= 11 is 3.28. The largest absolute Gasteiger partial charge is 0.493 e. The highest BCUT2D eigenvalue weighted by molar-refractivity contribution is 7.22. The van der Waals surface area contributed by atoms with Crippen LogP contribution in [0.2, 0.25) is 0 Å². The fourth-order valence-electron chi connectivity index (χ4n) is 2.42. The van der Waals surface area contributed by atoms with Gasteiger partial charge < -0.3 is 10.1 Å². The van der Waals surface area contributed by atoms with Crippen LogP contribution in [0.25, 0.3) is 9.88 Å². The molecule has 1 aromatic carbocycles. The normalized spacial score (nSPS) is 17.0. The summed E-state index contributed by atoms with van der Waals surface area (Å²) < 4.78 is 5.68. The van der Waals surface area contributed by atoms with E-state index in [2.05, 4.69) is 33.0 Å². The molecule has 3 aromatic rings. The first-order valence-corrected chi connectivity index (χ1v) is 8.45. The number of ether oxygens (including phenoxy) is 1. The summed E-state index contributed by atoms with van der Waals surface area (Å²) in [5.41, 5.74) is 1.19. The van der Waals surface area contributed by atoms with Gasteiger partial charge in [0.05, 0.1) is 17.5 Å². The van der Waals surface area contributed by atoms with Crippen molar-refractivity contribution >= 4 is 27.8 Å². The van der Waals surface area contributed by atoms with Crippen LogP contribution < -0.4 is 10.1 Å². The number of hydrogen-bond acceptors (Lipinski definition) is 6. The Bertz CT molecular complexity index is 739. The minimum absolute atomic E-state index is 0.235. The molecule has 4 rings (SSSR count). The molecule has 0 fully saturated rings. The van der Waals surface area contributed by atoms with Crippen LogP contribution in [0.5, 0.6) is 5.75 Å². The van der Waals surface area contributed by atoms with E-state index in [-0.39, 0.29) is 6.04 Å². The van der Waals surface area contributed by atoms with E-state index in [1.165, 1.54) is 5.56 Å². The van der Waals surface area contributed by atoms with Gasteiger partial charge in [0.25, 0.3) is 0 Å². The zero-order valence-electron chi connectivity index (χ0n) is 11.2. The summed E-state index contributed by atoms with van der Waals surface area (Å²) in [5, 5.41) is 15.9. The molecular weight excluding hydrogens is 302 g/mol. The molecule has 0 radical (unpaired) electrons. The number of fused-ring (bicyclic) bond motifs is 1. The van der Waals surface area contributed by atoms with Crippen LogP contribution >= 0.6 is 22.7 Å². The Kier molecular flexibility index (Phi) is 3.33. The zero-order chi connectivity index (χ0) is 14.1. The van der Waals surface area contributed by atoms with Gasteiger partial charge in [0, 0.05) is 12.0 Å². The van der Waals surface area contributed by atoms with Crippen molar-refractivity contribution in [3.05, 3.63) is 47.3 Å². The third kappa shape index (κ3) is 2.52. The number of rotatable bonds is 3. The first-order valence-electron chi connectivity index (χ1n) is 6.76. The fraction of sp³-hybridized carbons (Fsp3) is 0.200. The second kappa shape index (κ2) is 5.46. The number of thiophene rings is 1. The average Bonchev–Trinajstić information content (AvgIpc) is 3.18. The Hall–Kier alpha value is -1.92. The maximum absolute atomic E-state index is 5.68. The van der Waals surface area contributed by atoms with Crippen molar-refractivity contribution in [1.82, 2.24) is 10.2 Å². The minimum atomic E-state index is 0.235. The number of para-hydroxylation sites is 1. The minimum Gasteiger partial charge on any atom is -0.493 e. The topological polar surface area (TPSA) is 47.0 Å². The van der Waals surface area contributed by atoms with Gasteiger partial charge in [-0.3, -0.25) is 0 Å². The van der Waals surface area contributed by atoms with Crippen LogP contribution in [-0.2, 0) is 0 Å². The van der Waals surface area contributed by atoms with E-state index in [0.29, 0.717) is 0 Å². The Morgan fingerprint density at radius 2 is 2.10 bits per heavy atom. The Labute approximate surface area is 130 Å². The standard InChI is InChI=1S/C15H13N3OS2/c1-2-5-12-10(4-1)11(7-8-19-12)16-15-18-17-14(21-15)13-6-3-9-20-13/h1-6,9,11H,7-8H2,(H,16,18). The Morgan fingerprint density at radius 1 is 1.14 bits per heavy atom. The Morgan fingerprint density at radius 3 is 3.00 bits per heavy atom. The SMILES string of the molecule is c1csc(-c2nnc(NC3CCOc4ccccc43)s2)c1. The molecule has 0 aliphatic carbocycles. The van der Waals surface area contributed by atoms with Gasteiger partial charge in [0.15, 0.2) is 5.01 Å². The summed E-state index contributed by atoms with van der Waals surface area (Å²) in [7, 11) is 0. The lowest BCUT2D eigenvalue weighted by Gasteiger charge is -2.26. The van der Waals surface area contributed by atoms with E-state index in [4.69, 9.17) is 4.74 Å². The van der Waals surface area contributed by atoms with E-state index in [1.807, 2.05) is 24.3 Å². The summed E-state index contributed by atoms with van der Waals surface area (Å²) in [5.74, 6) is 0.962. The molecule has 3 heterocycles. The van der Waals surface area contributed by atoms with E-state index in [9.17, 15) is 0 Å². The Balaban J connectivity index is 1.57. The van der Waals surface area contributed by atoms with Gasteiger partial charge in [-0.2, -0.15) is 0 Å². The number of benzene rings is 1. The van der Waals surface area contributed by atoms with E-state index < -0.39 is 0 Å². The zero-order valence-corrected chi connectivity index (χ0v) is 12.8. The second-order valence-electron chi connectivity index (χ2n) is 4.76. The maximum atomic E-state index is 5.68. The molecule has 2 aromatic heterocycles. The lowest BCUT2D eigenvalue weighted by Crippen LogP contribution is -2.20. The van der Waals surface area contributed by atoms with E-state index in [1.54, 1.807) is 22.7 Å². The van der Waals surface area contributed by atoms with Crippen LogP contribution in [0.1, 0.15) is 18.0 Å². The molecule has 1 N–H and O–H groups in total. The van der Waals surface area contributed by atoms with Gasteiger partial charge >= 0.3 is 0 Å².